The minimum atomic E-state index is -1.07. The summed E-state index contributed by atoms with van der Waals surface area (Å²) in [6.07, 6.45) is 4.57. The van der Waals surface area contributed by atoms with E-state index in [2.05, 4.69) is 6.58 Å². The molecule has 0 aliphatic heterocycles. The first-order valence-corrected chi connectivity index (χ1v) is 9.15. The molecule has 0 aromatic carbocycles. The molecule has 0 rings (SSSR count). The van der Waals surface area contributed by atoms with Crippen LogP contribution < -0.4 is 0 Å². The van der Waals surface area contributed by atoms with Crippen molar-refractivity contribution in [3.8, 4) is 0 Å². The van der Waals surface area contributed by atoms with E-state index in [0.717, 1.165) is 32.1 Å². The Labute approximate surface area is 150 Å². The predicted molar refractivity (Wildman–Crippen MR) is 94.8 cm³/mol. The molecule has 0 bridgehead atoms. The molecule has 1 atom stereocenters. The Bertz CT molecular complexity index is 430. The Balaban J connectivity index is 4.80. The van der Waals surface area contributed by atoms with Gasteiger partial charge in [0.05, 0.1) is 32.2 Å². The van der Waals surface area contributed by atoms with E-state index < -0.39 is 23.8 Å². The lowest BCUT2D eigenvalue weighted by Gasteiger charge is -2.17. The zero-order valence-electron chi connectivity index (χ0n) is 15.8. The van der Waals surface area contributed by atoms with Crippen LogP contribution in [0.25, 0.3) is 0 Å². The smallest absolute Gasteiger partial charge is 0.334 e. The van der Waals surface area contributed by atoms with Crippen LogP contribution in [0.3, 0.4) is 0 Å². The first-order chi connectivity index (χ1) is 12.0. The maximum absolute atomic E-state index is 12.3. The molecule has 0 spiro atoms. The van der Waals surface area contributed by atoms with Crippen molar-refractivity contribution in [3.05, 3.63) is 12.2 Å². The van der Waals surface area contributed by atoms with Crippen molar-refractivity contribution >= 4 is 17.9 Å². The predicted octanol–water partition coefficient (Wildman–Crippen LogP) is 3.58. The van der Waals surface area contributed by atoms with Gasteiger partial charge in [0.25, 0.3) is 0 Å². The van der Waals surface area contributed by atoms with E-state index >= 15 is 0 Å². The normalized spacial score (nSPS) is 11.5. The molecule has 6 nitrogen and oxygen atoms in total. The van der Waals surface area contributed by atoms with Gasteiger partial charge < -0.3 is 14.2 Å². The van der Waals surface area contributed by atoms with Crippen molar-refractivity contribution in [1.29, 1.82) is 0 Å². The van der Waals surface area contributed by atoms with E-state index in [1.807, 2.05) is 20.8 Å². The summed E-state index contributed by atoms with van der Waals surface area (Å²) >= 11 is 0. The largest absolute Gasteiger partial charge is 0.466 e. The number of unbranched alkanes of at least 4 members (excludes halogenated alkanes) is 3. The number of carbonyl (C=O) groups is 3. The SMILES string of the molecule is C=C(C(=O)OCCCC)C(CC(=O)OCCCC)C(=O)OCCCC. The third-order valence-electron chi connectivity index (χ3n) is 3.57. The maximum Gasteiger partial charge on any atom is 0.334 e. The maximum atomic E-state index is 12.3. The van der Waals surface area contributed by atoms with Crippen molar-refractivity contribution in [2.24, 2.45) is 5.92 Å². The molecule has 0 saturated carbocycles. The van der Waals surface area contributed by atoms with Gasteiger partial charge in [0.1, 0.15) is 0 Å². The summed E-state index contributed by atoms with van der Waals surface area (Å²) in [7, 11) is 0. The van der Waals surface area contributed by atoms with Crippen LogP contribution in [-0.4, -0.2) is 37.7 Å². The van der Waals surface area contributed by atoms with Crippen molar-refractivity contribution in [2.75, 3.05) is 19.8 Å². The van der Waals surface area contributed by atoms with Crippen molar-refractivity contribution in [2.45, 2.75) is 65.7 Å². The lowest BCUT2D eigenvalue weighted by atomic mass is 9.97. The van der Waals surface area contributed by atoms with E-state index in [0.29, 0.717) is 13.0 Å². The Morgan fingerprint density at radius 3 is 1.80 bits per heavy atom. The van der Waals surface area contributed by atoms with Gasteiger partial charge in [0.2, 0.25) is 0 Å². The summed E-state index contributed by atoms with van der Waals surface area (Å²) in [6.45, 7) is 10.4. The minimum absolute atomic E-state index is 0.0648. The zero-order valence-corrected chi connectivity index (χ0v) is 15.8. The number of ether oxygens (including phenoxy) is 3. The van der Waals surface area contributed by atoms with Gasteiger partial charge in [-0.15, -0.1) is 0 Å². The summed E-state index contributed by atoms with van der Waals surface area (Å²) in [5, 5.41) is 0. The number of esters is 3. The highest BCUT2D eigenvalue weighted by molar-refractivity contribution is 5.96. The van der Waals surface area contributed by atoms with Crippen LogP contribution in [0.4, 0.5) is 0 Å². The summed E-state index contributed by atoms with van der Waals surface area (Å²) in [6, 6.07) is 0. The monoisotopic (exact) mass is 356 g/mol. The molecule has 0 heterocycles. The molecule has 144 valence electrons. The fourth-order valence-corrected chi connectivity index (χ4v) is 1.87. The second-order valence-corrected chi connectivity index (χ2v) is 5.87. The molecule has 0 radical (unpaired) electrons. The van der Waals surface area contributed by atoms with Crippen molar-refractivity contribution < 1.29 is 28.6 Å². The Morgan fingerprint density at radius 1 is 0.800 bits per heavy atom. The highest BCUT2D eigenvalue weighted by Crippen LogP contribution is 2.19. The topological polar surface area (TPSA) is 78.9 Å². The van der Waals surface area contributed by atoms with Crippen LogP contribution in [0.5, 0.6) is 0 Å². The lowest BCUT2D eigenvalue weighted by molar-refractivity contribution is -0.155. The van der Waals surface area contributed by atoms with Crippen LogP contribution in [-0.2, 0) is 28.6 Å². The Hall–Kier alpha value is -1.85. The van der Waals surface area contributed by atoms with Crippen LogP contribution in [0.2, 0.25) is 0 Å². The molecule has 0 aliphatic rings. The molecular weight excluding hydrogens is 324 g/mol. The van der Waals surface area contributed by atoms with Crippen LogP contribution in [0, 0.1) is 5.92 Å². The number of hydrogen-bond acceptors (Lipinski definition) is 6. The van der Waals surface area contributed by atoms with Crippen LogP contribution in [0.15, 0.2) is 12.2 Å². The molecule has 1 unspecified atom stereocenters. The lowest BCUT2D eigenvalue weighted by Crippen LogP contribution is -2.28. The molecule has 0 N–H and O–H groups in total. The summed E-state index contributed by atoms with van der Waals surface area (Å²) < 4.78 is 15.3. The van der Waals surface area contributed by atoms with Gasteiger partial charge >= 0.3 is 17.9 Å². The molecule has 0 aromatic heterocycles. The Morgan fingerprint density at radius 2 is 1.28 bits per heavy atom. The van der Waals surface area contributed by atoms with E-state index in [1.165, 1.54) is 0 Å². The van der Waals surface area contributed by atoms with Gasteiger partial charge in [-0.3, -0.25) is 9.59 Å². The van der Waals surface area contributed by atoms with E-state index in [-0.39, 0.29) is 25.2 Å². The molecule has 0 aromatic rings. The zero-order chi connectivity index (χ0) is 19.1. The van der Waals surface area contributed by atoms with Gasteiger partial charge in [-0.2, -0.15) is 0 Å². The summed E-state index contributed by atoms with van der Waals surface area (Å²) in [5.41, 5.74) is -0.0648. The number of hydrogen-bond donors (Lipinski definition) is 0. The van der Waals surface area contributed by atoms with Crippen LogP contribution in [0.1, 0.15) is 65.7 Å². The molecule has 25 heavy (non-hydrogen) atoms. The van der Waals surface area contributed by atoms with E-state index in [4.69, 9.17) is 14.2 Å². The number of carbonyl (C=O) groups excluding carboxylic acids is 3. The van der Waals surface area contributed by atoms with E-state index in [1.54, 1.807) is 0 Å². The van der Waals surface area contributed by atoms with Crippen molar-refractivity contribution in [3.63, 3.8) is 0 Å². The molecule has 6 heteroatoms. The molecule has 0 aliphatic carbocycles. The number of rotatable bonds is 14. The first-order valence-electron chi connectivity index (χ1n) is 9.15. The van der Waals surface area contributed by atoms with Gasteiger partial charge in [-0.25, -0.2) is 4.79 Å². The second-order valence-electron chi connectivity index (χ2n) is 5.87. The molecular formula is C19H32O6. The molecule has 0 fully saturated rings. The quantitative estimate of drug-likeness (QED) is 0.205. The first kappa shape index (κ1) is 23.1. The third-order valence-corrected chi connectivity index (χ3v) is 3.57. The summed E-state index contributed by atoms with van der Waals surface area (Å²) in [5.74, 6) is -2.93. The van der Waals surface area contributed by atoms with Gasteiger partial charge in [-0.05, 0) is 19.3 Å². The highest BCUT2D eigenvalue weighted by Gasteiger charge is 2.31. The van der Waals surface area contributed by atoms with Gasteiger partial charge in [0.15, 0.2) is 0 Å². The second kappa shape index (κ2) is 14.5. The molecule has 0 saturated heterocycles. The molecule has 0 amide bonds. The van der Waals surface area contributed by atoms with E-state index in [9.17, 15) is 14.4 Å². The minimum Gasteiger partial charge on any atom is -0.466 e. The summed E-state index contributed by atoms with van der Waals surface area (Å²) in [4.78, 5) is 36.2. The average molecular weight is 356 g/mol. The fraction of sp³-hybridized carbons (Fsp3) is 0.737. The Kier molecular flexibility index (Phi) is 13.4. The van der Waals surface area contributed by atoms with Gasteiger partial charge in [0, 0.05) is 5.57 Å². The van der Waals surface area contributed by atoms with Crippen LogP contribution >= 0.6 is 0 Å². The fourth-order valence-electron chi connectivity index (χ4n) is 1.87. The average Bonchev–Trinajstić information content (AvgIpc) is 2.59. The van der Waals surface area contributed by atoms with Crippen molar-refractivity contribution in [1.82, 2.24) is 0 Å². The third kappa shape index (κ3) is 10.6. The standard InChI is InChI=1S/C19H32O6/c1-5-8-11-23-17(20)14-16(19(22)25-13-10-7-3)15(4)18(21)24-12-9-6-2/h16H,4-14H2,1-3H3. The van der Waals surface area contributed by atoms with Gasteiger partial charge in [-0.1, -0.05) is 46.6 Å². The highest BCUT2D eigenvalue weighted by atomic mass is 16.5.